The largest absolute Gasteiger partial charge is 0.461 e. The lowest BCUT2D eigenvalue weighted by Gasteiger charge is -2.16. The molecule has 1 aliphatic carbocycles. The highest BCUT2D eigenvalue weighted by atomic mass is 16.5. The van der Waals surface area contributed by atoms with Crippen LogP contribution in [0.5, 0.6) is 6.01 Å². The van der Waals surface area contributed by atoms with E-state index in [1.807, 2.05) is 13.8 Å². The van der Waals surface area contributed by atoms with Gasteiger partial charge in [0.05, 0.1) is 6.10 Å². The molecule has 1 atom stereocenters. The Bertz CT molecular complexity index is 490. The second-order valence-electron chi connectivity index (χ2n) is 6.04. The average molecular weight is 292 g/mol. The fourth-order valence-corrected chi connectivity index (χ4v) is 2.66. The standard InChI is InChI=1S/C14H24N6O/c1-9(2)21-14-18-12(15-3)17-13(19-14)16-10-6-7-20(8-10)11-4-5-11/h9-11H,4-8H2,1-3H3,(H2,15,16,17,18,19). The van der Waals surface area contributed by atoms with E-state index in [4.69, 9.17) is 4.74 Å². The van der Waals surface area contributed by atoms with Crippen LogP contribution in [0.4, 0.5) is 11.9 Å². The summed E-state index contributed by atoms with van der Waals surface area (Å²) in [5.74, 6) is 1.12. The van der Waals surface area contributed by atoms with Gasteiger partial charge < -0.3 is 15.4 Å². The highest BCUT2D eigenvalue weighted by Gasteiger charge is 2.34. The van der Waals surface area contributed by atoms with Gasteiger partial charge in [0.2, 0.25) is 11.9 Å². The molecule has 0 bridgehead atoms. The van der Waals surface area contributed by atoms with Gasteiger partial charge in [-0.25, -0.2) is 0 Å². The van der Waals surface area contributed by atoms with Crippen molar-refractivity contribution in [1.29, 1.82) is 0 Å². The van der Waals surface area contributed by atoms with Gasteiger partial charge in [0, 0.05) is 32.2 Å². The van der Waals surface area contributed by atoms with Crippen molar-refractivity contribution in [2.24, 2.45) is 0 Å². The summed E-state index contributed by atoms with van der Waals surface area (Å²) in [6, 6.07) is 1.59. The number of hydrogen-bond donors (Lipinski definition) is 2. The molecule has 1 saturated heterocycles. The Morgan fingerprint density at radius 1 is 1.14 bits per heavy atom. The molecule has 0 aromatic carbocycles. The van der Waals surface area contributed by atoms with E-state index < -0.39 is 0 Å². The first-order valence-electron chi connectivity index (χ1n) is 7.75. The van der Waals surface area contributed by atoms with Crippen LogP contribution < -0.4 is 15.4 Å². The van der Waals surface area contributed by atoms with Gasteiger partial charge in [-0.15, -0.1) is 0 Å². The minimum Gasteiger partial charge on any atom is -0.461 e. The van der Waals surface area contributed by atoms with E-state index in [0.717, 1.165) is 19.0 Å². The zero-order chi connectivity index (χ0) is 14.8. The molecule has 2 fully saturated rings. The third kappa shape index (κ3) is 3.72. The second-order valence-corrected chi connectivity index (χ2v) is 6.04. The fourth-order valence-electron chi connectivity index (χ4n) is 2.66. The number of rotatable bonds is 6. The molecule has 21 heavy (non-hydrogen) atoms. The average Bonchev–Trinajstić information content (AvgIpc) is 3.19. The predicted molar refractivity (Wildman–Crippen MR) is 81.8 cm³/mol. The van der Waals surface area contributed by atoms with Crippen LogP contribution in [0.3, 0.4) is 0 Å². The van der Waals surface area contributed by atoms with Crippen molar-refractivity contribution in [3.05, 3.63) is 0 Å². The van der Waals surface area contributed by atoms with Crippen molar-refractivity contribution in [1.82, 2.24) is 19.9 Å². The van der Waals surface area contributed by atoms with Crippen molar-refractivity contribution in [3.8, 4) is 6.01 Å². The molecule has 0 radical (unpaired) electrons. The van der Waals surface area contributed by atoms with E-state index in [1.54, 1.807) is 7.05 Å². The van der Waals surface area contributed by atoms with Crippen molar-refractivity contribution < 1.29 is 4.74 Å². The van der Waals surface area contributed by atoms with Crippen molar-refractivity contribution in [2.75, 3.05) is 30.8 Å². The van der Waals surface area contributed by atoms with Crippen LogP contribution in [0.15, 0.2) is 0 Å². The Labute approximate surface area is 125 Å². The highest BCUT2D eigenvalue weighted by molar-refractivity contribution is 5.36. The number of hydrogen-bond acceptors (Lipinski definition) is 7. The molecule has 2 aliphatic rings. The van der Waals surface area contributed by atoms with Crippen molar-refractivity contribution in [2.45, 2.75) is 51.3 Å². The summed E-state index contributed by atoms with van der Waals surface area (Å²) in [6.07, 6.45) is 3.89. The quantitative estimate of drug-likeness (QED) is 0.819. The second kappa shape index (κ2) is 6.01. The zero-order valence-corrected chi connectivity index (χ0v) is 13.0. The predicted octanol–water partition coefficient (Wildman–Crippen LogP) is 1.35. The first-order valence-corrected chi connectivity index (χ1v) is 7.75. The summed E-state index contributed by atoms with van der Waals surface area (Å²) in [7, 11) is 1.79. The van der Waals surface area contributed by atoms with Crippen LogP contribution in [-0.4, -0.2) is 58.2 Å². The number of nitrogens with zero attached hydrogens (tertiary/aromatic N) is 4. The number of nitrogens with one attached hydrogen (secondary N) is 2. The van der Waals surface area contributed by atoms with Crippen molar-refractivity contribution >= 4 is 11.9 Å². The Morgan fingerprint density at radius 2 is 1.90 bits per heavy atom. The first kappa shape index (κ1) is 14.3. The Hall–Kier alpha value is -1.63. The molecule has 3 rings (SSSR count). The third-order valence-electron chi connectivity index (χ3n) is 3.80. The fraction of sp³-hybridized carbons (Fsp3) is 0.786. The van der Waals surface area contributed by atoms with E-state index in [9.17, 15) is 0 Å². The summed E-state index contributed by atoms with van der Waals surface area (Å²) < 4.78 is 5.58. The van der Waals surface area contributed by atoms with Gasteiger partial charge in [-0.1, -0.05) is 0 Å². The van der Waals surface area contributed by atoms with Gasteiger partial charge >= 0.3 is 6.01 Å². The van der Waals surface area contributed by atoms with Crippen LogP contribution in [0.25, 0.3) is 0 Å². The lowest BCUT2D eigenvalue weighted by molar-refractivity contribution is 0.222. The van der Waals surface area contributed by atoms with Gasteiger partial charge in [-0.05, 0) is 33.1 Å². The smallest absolute Gasteiger partial charge is 0.323 e. The lowest BCUT2D eigenvalue weighted by Crippen LogP contribution is -2.28. The normalized spacial score (nSPS) is 22.6. The van der Waals surface area contributed by atoms with Crippen molar-refractivity contribution in [3.63, 3.8) is 0 Å². The number of anilines is 2. The zero-order valence-electron chi connectivity index (χ0n) is 13.0. The van der Waals surface area contributed by atoms with Crippen LogP contribution in [0, 0.1) is 0 Å². The minimum atomic E-state index is 0.0433. The molecule has 1 saturated carbocycles. The Kier molecular flexibility index (Phi) is 4.10. The van der Waals surface area contributed by atoms with Crippen LogP contribution in [-0.2, 0) is 0 Å². The summed E-state index contributed by atoms with van der Waals surface area (Å²) in [4.78, 5) is 15.5. The highest BCUT2D eigenvalue weighted by Crippen LogP contribution is 2.30. The molecule has 0 amide bonds. The summed E-state index contributed by atoms with van der Waals surface area (Å²) in [5, 5.41) is 6.37. The van der Waals surface area contributed by atoms with Gasteiger partial charge in [0.15, 0.2) is 0 Å². The molecular weight excluding hydrogens is 268 g/mol. The summed E-state index contributed by atoms with van der Waals surface area (Å²) >= 11 is 0. The van der Waals surface area contributed by atoms with Crippen LogP contribution in [0.1, 0.15) is 33.1 Å². The Balaban J connectivity index is 1.66. The number of aromatic nitrogens is 3. The first-order chi connectivity index (χ1) is 10.1. The van der Waals surface area contributed by atoms with Gasteiger partial charge in [-0.2, -0.15) is 15.0 Å². The van der Waals surface area contributed by atoms with E-state index >= 15 is 0 Å². The molecule has 2 N–H and O–H groups in total. The van der Waals surface area contributed by atoms with E-state index in [2.05, 4.69) is 30.5 Å². The maximum absolute atomic E-state index is 5.58. The molecule has 7 nitrogen and oxygen atoms in total. The van der Waals surface area contributed by atoms with E-state index in [0.29, 0.717) is 23.9 Å². The number of likely N-dealkylation sites (tertiary alicyclic amines) is 1. The van der Waals surface area contributed by atoms with Gasteiger partial charge in [0.1, 0.15) is 0 Å². The monoisotopic (exact) mass is 292 g/mol. The maximum Gasteiger partial charge on any atom is 0.323 e. The minimum absolute atomic E-state index is 0.0433. The SMILES string of the molecule is CNc1nc(NC2CCN(C3CC3)C2)nc(OC(C)C)n1. The van der Waals surface area contributed by atoms with Crippen LogP contribution >= 0.6 is 0 Å². The number of ether oxygens (including phenoxy) is 1. The molecular formula is C14H24N6O. The maximum atomic E-state index is 5.58. The molecule has 1 aliphatic heterocycles. The van der Waals surface area contributed by atoms with Gasteiger partial charge in [0.25, 0.3) is 0 Å². The van der Waals surface area contributed by atoms with Gasteiger partial charge in [-0.3, -0.25) is 4.90 Å². The lowest BCUT2D eigenvalue weighted by atomic mass is 10.3. The molecule has 7 heteroatoms. The Morgan fingerprint density at radius 3 is 2.57 bits per heavy atom. The molecule has 1 unspecified atom stereocenters. The molecule has 116 valence electrons. The third-order valence-corrected chi connectivity index (χ3v) is 3.80. The summed E-state index contributed by atoms with van der Waals surface area (Å²) in [6.45, 7) is 6.16. The topological polar surface area (TPSA) is 75.2 Å². The van der Waals surface area contributed by atoms with E-state index in [-0.39, 0.29) is 6.10 Å². The molecule has 1 aromatic heterocycles. The van der Waals surface area contributed by atoms with E-state index in [1.165, 1.54) is 19.4 Å². The molecule has 0 spiro atoms. The van der Waals surface area contributed by atoms with Crippen LogP contribution in [0.2, 0.25) is 0 Å². The molecule has 2 heterocycles. The summed E-state index contributed by atoms with van der Waals surface area (Å²) in [5.41, 5.74) is 0. The molecule has 1 aromatic rings.